The van der Waals surface area contributed by atoms with Gasteiger partial charge in [0.2, 0.25) is 0 Å². The second-order valence-electron chi connectivity index (χ2n) is 3.42. The third kappa shape index (κ3) is 4.13. The van der Waals surface area contributed by atoms with Crippen LogP contribution in [0, 0.1) is 0 Å². The van der Waals surface area contributed by atoms with E-state index in [0.29, 0.717) is 18.7 Å². The van der Waals surface area contributed by atoms with Crippen LogP contribution in [0.5, 0.6) is 5.75 Å². The molecule has 3 heteroatoms. The Morgan fingerprint density at radius 2 is 1.93 bits per heavy atom. The van der Waals surface area contributed by atoms with Crippen LogP contribution in [0.25, 0.3) is 0 Å². The molecule has 0 spiro atoms. The Labute approximate surface area is 90.2 Å². The molecule has 0 bridgehead atoms. The number of ketones is 1. The van der Waals surface area contributed by atoms with Crippen LogP contribution in [-0.4, -0.2) is 18.9 Å². The topological polar surface area (TPSA) is 52.3 Å². The summed E-state index contributed by atoms with van der Waals surface area (Å²) in [4.78, 5) is 11.0. The lowest BCUT2D eigenvalue weighted by molar-refractivity contribution is 0.101. The van der Waals surface area contributed by atoms with Gasteiger partial charge in [0.05, 0.1) is 6.61 Å². The van der Waals surface area contributed by atoms with E-state index in [2.05, 4.69) is 0 Å². The lowest BCUT2D eigenvalue weighted by Gasteiger charge is -2.05. The highest BCUT2D eigenvalue weighted by molar-refractivity contribution is 5.94. The lowest BCUT2D eigenvalue weighted by atomic mass is 10.1. The van der Waals surface area contributed by atoms with Crippen molar-refractivity contribution in [3.8, 4) is 5.75 Å². The molecular formula is C12H17NO2. The molecule has 0 atom stereocenters. The molecular weight excluding hydrogens is 190 g/mol. The second kappa shape index (κ2) is 6.19. The van der Waals surface area contributed by atoms with Gasteiger partial charge in [-0.15, -0.1) is 0 Å². The van der Waals surface area contributed by atoms with Crippen LogP contribution in [0.15, 0.2) is 24.3 Å². The summed E-state index contributed by atoms with van der Waals surface area (Å²) in [6.45, 7) is 2.93. The van der Waals surface area contributed by atoms with Crippen molar-refractivity contribution in [1.82, 2.24) is 0 Å². The molecule has 0 radical (unpaired) electrons. The number of rotatable bonds is 6. The monoisotopic (exact) mass is 207 g/mol. The number of ether oxygens (including phenoxy) is 1. The van der Waals surface area contributed by atoms with Crippen molar-refractivity contribution in [1.29, 1.82) is 0 Å². The first kappa shape index (κ1) is 11.7. The molecule has 0 aliphatic carbocycles. The van der Waals surface area contributed by atoms with Crippen molar-refractivity contribution in [2.75, 3.05) is 13.2 Å². The van der Waals surface area contributed by atoms with E-state index in [4.69, 9.17) is 10.5 Å². The Hall–Kier alpha value is -1.35. The minimum absolute atomic E-state index is 0.0738. The van der Waals surface area contributed by atoms with E-state index in [-0.39, 0.29) is 5.78 Å². The third-order valence-corrected chi connectivity index (χ3v) is 2.13. The summed E-state index contributed by atoms with van der Waals surface area (Å²) in [6, 6.07) is 7.19. The SMILES string of the molecule is CC(=O)c1ccc(OCCCCN)cc1. The predicted molar refractivity (Wildman–Crippen MR) is 60.2 cm³/mol. The van der Waals surface area contributed by atoms with Gasteiger partial charge < -0.3 is 10.5 Å². The molecule has 0 unspecified atom stereocenters. The van der Waals surface area contributed by atoms with Crippen LogP contribution >= 0.6 is 0 Å². The Morgan fingerprint density at radius 1 is 1.27 bits per heavy atom. The highest BCUT2D eigenvalue weighted by Gasteiger charge is 1.98. The lowest BCUT2D eigenvalue weighted by Crippen LogP contribution is -2.03. The van der Waals surface area contributed by atoms with Crippen LogP contribution < -0.4 is 10.5 Å². The van der Waals surface area contributed by atoms with Gasteiger partial charge >= 0.3 is 0 Å². The molecule has 15 heavy (non-hydrogen) atoms. The van der Waals surface area contributed by atoms with Gasteiger partial charge in [-0.25, -0.2) is 0 Å². The quantitative estimate of drug-likeness (QED) is 0.573. The number of hydrogen-bond donors (Lipinski definition) is 1. The molecule has 0 saturated carbocycles. The smallest absolute Gasteiger partial charge is 0.159 e. The number of benzene rings is 1. The van der Waals surface area contributed by atoms with Gasteiger partial charge in [0.1, 0.15) is 5.75 Å². The predicted octanol–water partition coefficient (Wildman–Crippen LogP) is 2.01. The zero-order valence-corrected chi connectivity index (χ0v) is 9.03. The molecule has 0 aromatic heterocycles. The molecule has 0 amide bonds. The van der Waals surface area contributed by atoms with E-state index in [0.717, 1.165) is 18.6 Å². The summed E-state index contributed by atoms with van der Waals surface area (Å²) in [7, 11) is 0. The van der Waals surface area contributed by atoms with Crippen LogP contribution in [-0.2, 0) is 0 Å². The molecule has 3 nitrogen and oxygen atoms in total. The first-order valence-electron chi connectivity index (χ1n) is 5.18. The summed E-state index contributed by atoms with van der Waals surface area (Å²) in [5.74, 6) is 0.877. The van der Waals surface area contributed by atoms with Crippen molar-refractivity contribution in [2.24, 2.45) is 5.73 Å². The molecule has 1 aromatic rings. The van der Waals surface area contributed by atoms with Crippen LogP contribution in [0.2, 0.25) is 0 Å². The van der Waals surface area contributed by atoms with Crippen LogP contribution in [0.4, 0.5) is 0 Å². The van der Waals surface area contributed by atoms with Crippen molar-refractivity contribution in [3.05, 3.63) is 29.8 Å². The maximum atomic E-state index is 11.0. The number of nitrogens with two attached hydrogens (primary N) is 1. The standard InChI is InChI=1S/C12H17NO2/c1-10(14)11-4-6-12(7-5-11)15-9-3-2-8-13/h4-7H,2-3,8-9,13H2,1H3. The molecule has 0 saturated heterocycles. The van der Waals surface area contributed by atoms with Crippen LogP contribution in [0.1, 0.15) is 30.1 Å². The summed E-state index contributed by atoms with van der Waals surface area (Å²) >= 11 is 0. The second-order valence-corrected chi connectivity index (χ2v) is 3.42. The van der Waals surface area contributed by atoms with Crippen molar-refractivity contribution in [2.45, 2.75) is 19.8 Å². The van der Waals surface area contributed by atoms with Crippen molar-refractivity contribution in [3.63, 3.8) is 0 Å². The first-order valence-corrected chi connectivity index (χ1v) is 5.18. The van der Waals surface area contributed by atoms with Gasteiger partial charge in [-0.3, -0.25) is 4.79 Å². The number of carbonyl (C=O) groups is 1. The normalized spacial score (nSPS) is 10.0. The first-order chi connectivity index (χ1) is 7.24. The highest BCUT2D eigenvalue weighted by Crippen LogP contribution is 2.12. The highest BCUT2D eigenvalue weighted by atomic mass is 16.5. The van der Waals surface area contributed by atoms with E-state index in [9.17, 15) is 4.79 Å². The van der Waals surface area contributed by atoms with Gasteiger partial charge in [0.15, 0.2) is 5.78 Å². The molecule has 0 aliphatic rings. The van der Waals surface area contributed by atoms with E-state index in [1.54, 1.807) is 19.1 Å². The van der Waals surface area contributed by atoms with Crippen molar-refractivity contribution >= 4 is 5.78 Å². The molecule has 0 heterocycles. The van der Waals surface area contributed by atoms with Gasteiger partial charge in [0.25, 0.3) is 0 Å². The number of carbonyl (C=O) groups excluding carboxylic acids is 1. The summed E-state index contributed by atoms with van der Waals surface area (Å²) < 4.78 is 5.48. The largest absolute Gasteiger partial charge is 0.494 e. The molecule has 2 N–H and O–H groups in total. The summed E-state index contributed by atoms with van der Waals surface area (Å²) in [6.07, 6.45) is 1.94. The Morgan fingerprint density at radius 3 is 2.47 bits per heavy atom. The molecule has 1 aromatic carbocycles. The summed E-state index contributed by atoms with van der Waals surface area (Å²) in [5.41, 5.74) is 6.08. The minimum Gasteiger partial charge on any atom is -0.494 e. The fraction of sp³-hybridized carbons (Fsp3) is 0.417. The third-order valence-electron chi connectivity index (χ3n) is 2.13. The Kier molecular flexibility index (Phi) is 4.84. The number of unbranched alkanes of at least 4 members (excludes halogenated alkanes) is 1. The Bertz CT molecular complexity index is 306. The molecule has 0 aliphatic heterocycles. The number of hydrogen-bond acceptors (Lipinski definition) is 3. The molecule has 1 rings (SSSR count). The fourth-order valence-electron chi connectivity index (χ4n) is 1.22. The van der Waals surface area contributed by atoms with Gasteiger partial charge in [-0.1, -0.05) is 0 Å². The van der Waals surface area contributed by atoms with E-state index < -0.39 is 0 Å². The zero-order chi connectivity index (χ0) is 11.1. The average Bonchev–Trinajstić information content (AvgIpc) is 2.25. The fourth-order valence-corrected chi connectivity index (χ4v) is 1.22. The van der Waals surface area contributed by atoms with E-state index >= 15 is 0 Å². The zero-order valence-electron chi connectivity index (χ0n) is 9.03. The Balaban J connectivity index is 2.39. The van der Waals surface area contributed by atoms with Gasteiger partial charge in [-0.05, 0) is 50.6 Å². The van der Waals surface area contributed by atoms with E-state index in [1.807, 2.05) is 12.1 Å². The maximum absolute atomic E-state index is 11.0. The summed E-state index contributed by atoms with van der Waals surface area (Å²) in [5, 5.41) is 0. The maximum Gasteiger partial charge on any atom is 0.159 e. The molecule has 82 valence electrons. The van der Waals surface area contributed by atoms with Crippen molar-refractivity contribution < 1.29 is 9.53 Å². The van der Waals surface area contributed by atoms with Crippen LogP contribution in [0.3, 0.4) is 0 Å². The minimum atomic E-state index is 0.0738. The van der Waals surface area contributed by atoms with Gasteiger partial charge in [0, 0.05) is 5.56 Å². The molecule has 0 fully saturated rings. The average molecular weight is 207 g/mol. The van der Waals surface area contributed by atoms with Gasteiger partial charge in [-0.2, -0.15) is 0 Å². The van der Waals surface area contributed by atoms with E-state index in [1.165, 1.54) is 0 Å². The number of Topliss-reactive ketones (excluding diaryl/α,β-unsaturated/α-hetero) is 1.